The van der Waals surface area contributed by atoms with Gasteiger partial charge in [-0.1, -0.05) is 11.6 Å². The summed E-state index contributed by atoms with van der Waals surface area (Å²) in [6.07, 6.45) is 0. The van der Waals surface area contributed by atoms with E-state index in [1.807, 2.05) is 0 Å². The maximum absolute atomic E-state index is 12.0. The lowest BCUT2D eigenvalue weighted by Gasteiger charge is -2.20. The van der Waals surface area contributed by atoms with Crippen molar-refractivity contribution in [1.29, 1.82) is 0 Å². The van der Waals surface area contributed by atoms with Gasteiger partial charge in [0.05, 0.1) is 23.9 Å². The molecule has 0 aliphatic carbocycles. The van der Waals surface area contributed by atoms with E-state index < -0.39 is 0 Å². The normalized spacial score (nSPS) is 20.2. The molecule has 8 nitrogen and oxygen atoms in total. The van der Waals surface area contributed by atoms with E-state index in [0.29, 0.717) is 41.9 Å². The Labute approximate surface area is 144 Å². The Balaban J connectivity index is 1.57. The van der Waals surface area contributed by atoms with E-state index in [9.17, 15) is 9.59 Å². The summed E-state index contributed by atoms with van der Waals surface area (Å²) >= 11 is 6.12. The molecule has 1 atom stereocenters. The summed E-state index contributed by atoms with van der Waals surface area (Å²) < 4.78 is 10.7. The predicted molar refractivity (Wildman–Crippen MR) is 89.8 cm³/mol. The molecule has 3 rings (SSSR count). The molecule has 2 heterocycles. The molecular weight excluding hydrogens is 336 g/mol. The third-order valence-electron chi connectivity index (χ3n) is 3.68. The van der Waals surface area contributed by atoms with Crippen molar-refractivity contribution in [3.8, 4) is 5.75 Å². The number of halogens is 1. The van der Waals surface area contributed by atoms with Crippen LogP contribution < -0.4 is 26.0 Å². The second-order valence-electron chi connectivity index (χ2n) is 5.65. The molecule has 2 aliphatic heterocycles. The molecule has 0 unspecified atom stereocenters. The van der Waals surface area contributed by atoms with Crippen LogP contribution in [0.15, 0.2) is 12.1 Å². The Morgan fingerprint density at radius 1 is 1.42 bits per heavy atom. The van der Waals surface area contributed by atoms with Gasteiger partial charge in [0.25, 0.3) is 5.91 Å². The number of carbonyl (C=O) groups excluding carboxylic acids is 2. The molecule has 0 bridgehead atoms. The number of amides is 3. The van der Waals surface area contributed by atoms with Gasteiger partial charge in [-0.3, -0.25) is 4.79 Å². The van der Waals surface area contributed by atoms with Gasteiger partial charge in [0, 0.05) is 31.2 Å². The molecular formula is C15H19ClN4O4. The third kappa shape index (κ3) is 4.28. The Bertz CT molecular complexity index is 632. The zero-order chi connectivity index (χ0) is 16.9. The van der Waals surface area contributed by atoms with E-state index in [4.69, 9.17) is 21.1 Å². The minimum Gasteiger partial charge on any atom is -0.480 e. The van der Waals surface area contributed by atoms with E-state index in [1.54, 1.807) is 12.1 Å². The van der Waals surface area contributed by atoms with Gasteiger partial charge < -0.3 is 30.7 Å². The topological polar surface area (TPSA) is 101 Å². The molecule has 4 N–H and O–H groups in total. The zero-order valence-corrected chi connectivity index (χ0v) is 13.7. The summed E-state index contributed by atoms with van der Waals surface area (Å²) in [5.74, 6) is 0.364. The number of anilines is 2. The summed E-state index contributed by atoms with van der Waals surface area (Å²) in [4.78, 5) is 23.4. The minimum atomic E-state index is -0.349. The van der Waals surface area contributed by atoms with Gasteiger partial charge in [-0.2, -0.15) is 0 Å². The number of benzene rings is 1. The Hall–Kier alpha value is -2.03. The number of hydrogen-bond donors (Lipinski definition) is 4. The summed E-state index contributed by atoms with van der Waals surface area (Å²) in [5, 5.41) is 11.7. The van der Waals surface area contributed by atoms with Gasteiger partial charge in [0.2, 0.25) is 0 Å². The molecule has 1 saturated heterocycles. The predicted octanol–water partition coefficient (Wildman–Crippen LogP) is 1.03. The smallest absolute Gasteiger partial charge is 0.319 e. The highest BCUT2D eigenvalue weighted by atomic mass is 35.5. The minimum absolute atomic E-state index is 0.0719. The Morgan fingerprint density at radius 3 is 3.17 bits per heavy atom. The Morgan fingerprint density at radius 2 is 2.29 bits per heavy atom. The first-order valence-corrected chi connectivity index (χ1v) is 8.09. The molecule has 9 heteroatoms. The molecule has 1 aromatic rings. The quantitative estimate of drug-likeness (QED) is 0.649. The third-order valence-corrected chi connectivity index (χ3v) is 3.96. The van der Waals surface area contributed by atoms with E-state index in [0.717, 1.165) is 13.1 Å². The average molecular weight is 355 g/mol. The lowest BCUT2D eigenvalue weighted by atomic mass is 10.1. The van der Waals surface area contributed by atoms with Crippen LogP contribution in [0, 0.1) is 5.92 Å². The van der Waals surface area contributed by atoms with Gasteiger partial charge in [0.1, 0.15) is 0 Å². The zero-order valence-electron chi connectivity index (χ0n) is 13.0. The van der Waals surface area contributed by atoms with Crippen molar-refractivity contribution in [1.82, 2.24) is 10.6 Å². The maximum atomic E-state index is 12.0. The second-order valence-corrected chi connectivity index (χ2v) is 6.06. The fourth-order valence-corrected chi connectivity index (χ4v) is 2.81. The lowest BCUT2D eigenvalue weighted by molar-refractivity contribution is -0.118. The molecule has 3 amide bonds. The molecule has 0 aromatic heterocycles. The van der Waals surface area contributed by atoms with Crippen LogP contribution in [0.2, 0.25) is 5.02 Å². The van der Waals surface area contributed by atoms with Crippen molar-refractivity contribution in [2.24, 2.45) is 5.92 Å². The molecule has 130 valence electrons. The molecule has 1 fully saturated rings. The van der Waals surface area contributed by atoms with Crippen molar-refractivity contribution >= 4 is 34.9 Å². The number of fused-ring (bicyclic) bond motifs is 1. The average Bonchev–Trinajstić information content (AvgIpc) is 2.81. The fraction of sp³-hybridized carbons (Fsp3) is 0.467. The molecule has 0 saturated carbocycles. The lowest BCUT2D eigenvalue weighted by Crippen LogP contribution is -2.37. The number of nitrogens with one attached hydrogen (secondary N) is 4. The fourth-order valence-electron chi connectivity index (χ4n) is 2.53. The van der Waals surface area contributed by atoms with Crippen LogP contribution in [-0.2, 0) is 9.53 Å². The first-order valence-electron chi connectivity index (χ1n) is 7.71. The van der Waals surface area contributed by atoms with E-state index in [1.165, 1.54) is 0 Å². The van der Waals surface area contributed by atoms with Crippen molar-refractivity contribution in [3.05, 3.63) is 17.2 Å². The van der Waals surface area contributed by atoms with Crippen molar-refractivity contribution in [3.63, 3.8) is 0 Å². The number of carbonyl (C=O) groups is 2. The van der Waals surface area contributed by atoms with Crippen LogP contribution in [0.25, 0.3) is 0 Å². The summed E-state index contributed by atoms with van der Waals surface area (Å²) in [6.45, 7) is 3.35. The molecule has 1 aromatic carbocycles. The number of ether oxygens (including phenoxy) is 2. The van der Waals surface area contributed by atoms with E-state index in [-0.39, 0.29) is 24.5 Å². The van der Waals surface area contributed by atoms with Crippen LogP contribution in [0.3, 0.4) is 0 Å². The van der Waals surface area contributed by atoms with Crippen molar-refractivity contribution in [2.45, 2.75) is 0 Å². The SMILES string of the molecule is O=C1COc2c(Cl)cc(NC(=O)NC[C@H]3CNCCOC3)cc2N1. The first kappa shape index (κ1) is 16.8. The van der Waals surface area contributed by atoms with E-state index in [2.05, 4.69) is 21.3 Å². The van der Waals surface area contributed by atoms with Crippen LogP contribution in [0.4, 0.5) is 16.2 Å². The summed E-state index contributed by atoms with van der Waals surface area (Å²) in [7, 11) is 0. The second kappa shape index (κ2) is 7.69. The van der Waals surface area contributed by atoms with Gasteiger partial charge in [-0.15, -0.1) is 0 Å². The highest BCUT2D eigenvalue weighted by molar-refractivity contribution is 6.33. The van der Waals surface area contributed by atoms with Gasteiger partial charge >= 0.3 is 6.03 Å². The number of hydrogen-bond acceptors (Lipinski definition) is 5. The van der Waals surface area contributed by atoms with Crippen LogP contribution in [0.5, 0.6) is 5.75 Å². The molecule has 24 heavy (non-hydrogen) atoms. The van der Waals surface area contributed by atoms with Crippen LogP contribution >= 0.6 is 11.6 Å². The maximum Gasteiger partial charge on any atom is 0.319 e. The largest absolute Gasteiger partial charge is 0.480 e. The number of rotatable bonds is 3. The molecule has 0 spiro atoms. The first-order chi connectivity index (χ1) is 11.6. The highest BCUT2D eigenvalue weighted by Gasteiger charge is 2.20. The van der Waals surface area contributed by atoms with Gasteiger partial charge in [0.15, 0.2) is 12.4 Å². The van der Waals surface area contributed by atoms with Gasteiger partial charge in [-0.25, -0.2) is 4.79 Å². The molecule has 0 radical (unpaired) electrons. The summed E-state index contributed by atoms with van der Waals surface area (Å²) in [5.41, 5.74) is 0.910. The Kier molecular flexibility index (Phi) is 5.39. The van der Waals surface area contributed by atoms with Crippen LogP contribution in [0.1, 0.15) is 0 Å². The number of urea groups is 1. The van der Waals surface area contributed by atoms with E-state index >= 15 is 0 Å². The van der Waals surface area contributed by atoms with Crippen molar-refractivity contribution < 1.29 is 19.1 Å². The monoisotopic (exact) mass is 354 g/mol. The van der Waals surface area contributed by atoms with Crippen LogP contribution in [-0.4, -0.2) is 51.4 Å². The highest BCUT2D eigenvalue weighted by Crippen LogP contribution is 2.38. The van der Waals surface area contributed by atoms with Crippen molar-refractivity contribution in [2.75, 3.05) is 50.1 Å². The van der Waals surface area contributed by atoms with Gasteiger partial charge in [-0.05, 0) is 12.1 Å². The molecule has 2 aliphatic rings. The summed E-state index contributed by atoms with van der Waals surface area (Å²) in [6, 6.07) is 2.83. The standard InChI is InChI=1S/C15H19ClN4O4/c16-11-3-10(4-12-14(11)24-8-13(21)20-12)19-15(22)18-6-9-5-17-1-2-23-7-9/h3-4,9,17H,1-2,5-8H2,(H,20,21)(H2,18,19,22)/t9-/m1/s1.